The summed E-state index contributed by atoms with van der Waals surface area (Å²) in [6.07, 6.45) is 6.20. The second-order valence-electron chi connectivity index (χ2n) is 8.40. The number of hydrogen-bond donors (Lipinski definition) is 0. The summed E-state index contributed by atoms with van der Waals surface area (Å²) in [5.41, 5.74) is 2.97. The summed E-state index contributed by atoms with van der Waals surface area (Å²) in [6, 6.07) is 11.5. The van der Waals surface area contributed by atoms with Crippen LogP contribution in [0.2, 0.25) is 25.7 Å². The molecule has 0 aliphatic heterocycles. The van der Waals surface area contributed by atoms with Crippen molar-refractivity contribution in [3.05, 3.63) is 53.3 Å². The van der Waals surface area contributed by atoms with Crippen LogP contribution >= 0.6 is 0 Å². The molecule has 0 aliphatic carbocycles. The fraction of sp³-hybridized carbons (Fsp3) is 0.545. The van der Waals surface area contributed by atoms with Crippen molar-refractivity contribution in [2.45, 2.75) is 71.4 Å². The van der Waals surface area contributed by atoms with Crippen molar-refractivity contribution in [2.75, 3.05) is 6.61 Å². The maximum Gasteiger partial charge on any atom is 0.183 e. The van der Waals surface area contributed by atoms with E-state index in [-0.39, 0.29) is 5.78 Å². The molecule has 2 rings (SSSR count). The maximum absolute atomic E-state index is 12.7. The van der Waals surface area contributed by atoms with Crippen molar-refractivity contribution < 1.29 is 9.53 Å². The predicted molar refractivity (Wildman–Crippen MR) is 114 cm³/mol. The van der Waals surface area contributed by atoms with Gasteiger partial charge in [-0.05, 0) is 30.9 Å². The molecule has 1 aromatic heterocycles. The van der Waals surface area contributed by atoms with E-state index in [9.17, 15) is 4.79 Å². The van der Waals surface area contributed by atoms with Gasteiger partial charge in [0, 0.05) is 32.9 Å². The maximum atomic E-state index is 12.7. The van der Waals surface area contributed by atoms with Gasteiger partial charge in [-0.25, -0.2) is 4.68 Å². The van der Waals surface area contributed by atoms with Crippen LogP contribution in [0.3, 0.4) is 0 Å². The summed E-state index contributed by atoms with van der Waals surface area (Å²) in [5, 5.41) is 4.54. The molecule has 0 radical (unpaired) electrons. The Bertz CT molecular complexity index is 705. The van der Waals surface area contributed by atoms with E-state index in [4.69, 9.17) is 4.74 Å². The van der Waals surface area contributed by atoms with Gasteiger partial charge >= 0.3 is 0 Å². The molecule has 0 aliphatic rings. The number of aryl methyl sites for hydroxylation is 2. The fourth-order valence-electron chi connectivity index (χ4n) is 2.97. The lowest BCUT2D eigenvalue weighted by atomic mass is 10.0. The Morgan fingerprint density at radius 2 is 1.89 bits per heavy atom. The summed E-state index contributed by atoms with van der Waals surface area (Å²) in [6.45, 7) is 10.4. The third kappa shape index (κ3) is 7.81. The second kappa shape index (κ2) is 10.6. The number of nitrogens with zero attached hydrogens (tertiary/aromatic N) is 2. The molecule has 0 saturated heterocycles. The van der Waals surface area contributed by atoms with Gasteiger partial charge in [0.05, 0.1) is 0 Å². The number of aromatic nitrogens is 2. The van der Waals surface area contributed by atoms with Crippen molar-refractivity contribution in [3.63, 3.8) is 0 Å². The van der Waals surface area contributed by atoms with Gasteiger partial charge in [-0.2, -0.15) is 5.10 Å². The van der Waals surface area contributed by atoms with Crippen molar-refractivity contribution in [2.24, 2.45) is 0 Å². The van der Waals surface area contributed by atoms with Gasteiger partial charge in [-0.1, -0.05) is 63.3 Å². The molecule has 0 fully saturated rings. The first kappa shape index (κ1) is 21.6. The van der Waals surface area contributed by atoms with E-state index >= 15 is 0 Å². The number of carbonyl (C=O) groups excluding carboxylic acids is 1. The molecule has 148 valence electrons. The average molecular weight is 387 g/mol. The average Bonchev–Trinajstić information content (AvgIpc) is 3.02. The van der Waals surface area contributed by atoms with Crippen LogP contribution in [0.1, 0.15) is 47.8 Å². The largest absolute Gasteiger partial charge is 0.360 e. The standard InChI is InChI=1S/C22H34N2O2Si/c1-5-10-20-17-24(18-26-15-16-27(2,3)4)23-22(20)21(25)14-9-13-19-11-7-6-8-12-19/h6-8,11-12,17H,5,9-10,13-16,18H2,1-4H3. The Kier molecular flexibility index (Phi) is 8.45. The minimum Gasteiger partial charge on any atom is -0.360 e. The summed E-state index contributed by atoms with van der Waals surface area (Å²) in [7, 11) is -1.08. The summed E-state index contributed by atoms with van der Waals surface area (Å²) < 4.78 is 7.58. The lowest BCUT2D eigenvalue weighted by Gasteiger charge is -2.15. The minimum absolute atomic E-state index is 0.148. The number of carbonyl (C=O) groups is 1. The highest BCUT2D eigenvalue weighted by Crippen LogP contribution is 2.15. The smallest absolute Gasteiger partial charge is 0.183 e. The topological polar surface area (TPSA) is 44.1 Å². The summed E-state index contributed by atoms with van der Waals surface area (Å²) in [5.74, 6) is 0.148. The highest BCUT2D eigenvalue weighted by atomic mass is 28.3. The summed E-state index contributed by atoms with van der Waals surface area (Å²) >= 11 is 0. The van der Waals surface area contributed by atoms with E-state index in [2.05, 4.69) is 43.8 Å². The molecule has 0 saturated carbocycles. The number of benzene rings is 1. The Morgan fingerprint density at radius 3 is 2.56 bits per heavy atom. The van der Waals surface area contributed by atoms with Crippen molar-refractivity contribution >= 4 is 13.9 Å². The Morgan fingerprint density at radius 1 is 1.15 bits per heavy atom. The molecule has 0 bridgehead atoms. The zero-order chi connectivity index (χ0) is 19.7. The molecule has 0 spiro atoms. The van der Waals surface area contributed by atoms with Gasteiger partial charge in [-0.3, -0.25) is 4.79 Å². The third-order valence-electron chi connectivity index (χ3n) is 4.55. The van der Waals surface area contributed by atoms with Crippen LogP contribution in [-0.2, 0) is 24.3 Å². The van der Waals surface area contributed by atoms with E-state index < -0.39 is 8.07 Å². The van der Waals surface area contributed by atoms with Crippen LogP contribution in [0.25, 0.3) is 0 Å². The van der Waals surface area contributed by atoms with Crippen molar-refractivity contribution in [1.29, 1.82) is 0 Å². The second-order valence-corrected chi connectivity index (χ2v) is 14.0. The molecule has 0 atom stereocenters. The van der Waals surface area contributed by atoms with Gasteiger partial charge in [-0.15, -0.1) is 0 Å². The number of rotatable bonds is 12. The molecule has 4 nitrogen and oxygen atoms in total. The SMILES string of the molecule is CCCc1cn(COCC[Si](C)(C)C)nc1C(=O)CCCc1ccccc1. The van der Waals surface area contributed by atoms with E-state index in [0.29, 0.717) is 18.8 Å². The third-order valence-corrected chi connectivity index (χ3v) is 6.26. The minimum atomic E-state index is -1.08. The first-order valence-electron chi connectivity index (χ1n) is 10.1. The molecule has 0 amide bonds. The highest BCUT2D eigenvalue weighted by Gasteiger charge is 2.17. The van der Waals surface area contributed by atoms with Crippen molar-refractivity contribution in [1.82, 2.24) is 9.78 Å². The van der Waals surface area contributed by atoms with Crippen molar-refractivity contribution in [3.8, 4) is 0 Å². The molecular formula is C22H34N2O2Si. The molecule has 0 N–H and O–H groups in total. The van der Waals surface area contributed by atoms with Crippen LogP contribution in [0.4, 0.5) is 0 Å². The Balaban J connectivity index is 1.89. The summed E-state index contributed by atoms with van der Waals surface area (Å²) in [4.78, 5) is 12.7. The van der Waals surface area contributed by atoms with Crippen LogP contribution in [0.15, 0.2) is 36.5 Å². The molecule has 2 aromatic rings. The van der Waals surface area contributed by atoms with E-state index in [1.165, 1.54) is 5.56 Å². The normalized spacial score (nSPS) is 11.7. The first-order valence-corrected chi connectivity index (χ1v) is 13.8. The molecule has 1 aromatic carbocycles. The number of Topliss-reactive ketones (excluding diaryl/α,β-unsaturated/α-hetero) is 1. The zero-order valence-corrected chi connectivity index (χ0v) is 18.3. The Hall–Kier alpha value is -1.72. The van der Waals surface area contributed by atoms with E-state index in [1.807, 2.05) is 24.4 Å². The fourth-order valence-corrected chi connectivity index (χ4v) is 3.73. The number of hydrogen-bond acceptors (Lipinski definition) is 3. The van der Waals surface area contributed by atoms with Gasteiger partial charge in [0.1, 0.15) is 12.4 Å². The first-order chi connectivity index (χ1) is 12.9. The lowest BCUT2D eigenvalue weighted by Crippen LogP contribution is -2.22. The molecular weight excluding hydrogens is 352 g/mol. The van der Waals surface area contributed by atoms with Gasteiger partial charge in [0.2, 0.25) is 0 Å². The highest BCUT2D eigenvalue weighted by molar-refractivity contribution is 6.76. The quantitative estimate of drug-likeness (QED) is 0.280. The predicted octanol–water partition coefficient (Wildman–Crippen LogP) is 5.35. The Labute approximate surface area is 164 Å². The van der Waals surface area contributed by atoms with E-state index in [1.54, 1.807) is 4.68 Å². The monoisotopic (exact) mass is 386 g/mol. The van der Waals surface area contributed by atoms with Gasteiger partial charge in [0.25, 0.3) is 0 Å². The molecule has 27 heavy (non-hydrogen) atoms. The van der Waals surface area contributed by atoms with Gasteiger partial charge < -0.3 is 4.74 Å². The number of ether oxygens (including phenoxy) is 1. The van der Waals surface area contributed by atoms with Crippen LogP contribution in [-0.4, -0.2) is 30.2 Å². The van der Waals surface area contributed by atoms with E-state index in [0.717, 1.165) is 43.9 Å². The van der Waals surface area contributed by atoms with Crippen LogP contribution in [0, 0.1) is 0 Å². The lowest BCUT2D eigenvalue weighted by molar-refractivity contribution is 0.0777. The molecule has 0 unspecified atom stereocenters. The van der Waals surface area contributed by atoms with Crippen LogP contribution in [0.5, 0.6) is 0 Å². The number of ketones is 1. The molecule has 1 heterocycles. The van der Waals surface area contributed by atoms with Gasteiger partial charge in [0.15, 0.2) is 5.78 Å². The van der Waals surface area contributed by atoms with Crippen LogP contribution < -0.4 is 0 Å². The molecule has 5 heteroatoms. The zero-order valence-electron chi connectivity index (χ0n) is 17.3.